The number of amides is 1. The maximum Gasteiger partial charge on any atom is 0.251 e. The monoisotopic (exact) mass is 412 g/mol. The van der Waals surface area contributed by atoms with E-state index in [-0.39, 0.29) is 24.2 Å². The van der Waals surface area contributed by atoms with Crippen molar-refractivity contribution in [1.82, 2.24) is 20.2 Å². The van der Waals surface area contributed by atoms with Gasteiger partial charge in [0.1, 0.15) is 17.3 Å². The lowest BCUT2D eigenvalue weighted by molar-refractivity contribution is -0.137. The van der Waals surface area contributed by atoms with Gasteiger partial charge in [0.2, 0.25) is 0 Å². The fourth-order valence-electron chi connectivity index (χ4n) is 4.22. The van der Waals surface area contributed by atoms with Crippen LogP contribution in [0.2, 0.25) is 0 Å². The molecule has 0 aliphatic carbocycles. The maximum atomic E-state index is 14.8. The average molecular weight is 412 g/mol. The third-order valence-corrected chi connectivity index (χ3v) is 5.70. The summed E-state index contributed by atoms with van der Waals surface area (Å²) in [5.74, 6) is -0.317. The number of nitriles is 1. The van der Waals surface area contributed by atoms with Gasteiger partial charge in [-0.3, -0.25) is 9.78 Å². The fourth-order valence-corrected chi connectivity index (χ4v) is 4.22. The highest BCUT2D eigenvalue weighted by atomic mass is 19.1. The van der Waals surface area contributed by atoms with Gasteiger partial charge in [-0.2, -0.15) is 5.26 Å². The molecule has 2 aliphatic rings. The number of ether oxygens (including phenoxy) is 1. The summed E-state index contributed by atoms with van der Waals surface area (Å²) in [4.78, 5) is 25.2. The largest absolute Gasteiger partial charge is 0.364 e. The molecule has 2 saturated heterocycles. The van der Waals surface area contributed by atoms with E-state index in [1.165, 1.54) is 0 Å². The number of fused-ring (bicyclic) bond motifs is 1. The molecule has 2 aromatic rings. The number of carbonyl (C=O) groups excluding carboxylic acids is 1. The number of nitrogens with one attached hydrogen (secondary N) is 1. The summed E-state index contributed by atoms with van der Waals surface area (Å²) in [6.45, 7) is 3.76. The van der Waals surface area contributed by atoms with Crippen molar-refractivity contribution < 1.29 is 13.9 Å². The molecule has 4 heterocycles. The third kappa shape index (κ3) is 4.06. The minimum atomic E-state index is -1.40. The minimum absolute atomic E-state index is 0.0182. The van der Waals surface area contributed by atoms with Gasteiger partial charge in [-0.15, -0.1) is 0 Å². The number of hydrogen-bond acceptors (Lipinski definition) is 7. The van der Waals surface area contributed by atoms with Crippen LogP contribution in [0, 0.1) is 11.3 Å². The molecule has 2 aliphatic heterocycles. The number of hydrogen-bond donors (Lipinski definition) is 1. The van der Waals surface area contributed by atoms with Gasteiger partial charge in [-0.1, -0.05) is 0 Å². The van der Waals surface area contributed by atoms with Crippen LogP contribution in [0.4, 0.5) is 10.1 Å². The Labute approximate surface area is 174 Å². The molecule has 1 amide bonds. The molecule has 1 N–H and O–H groups in total. The van der Waals surface area contributed by atoms with Crippen molar-refractivity contribution >= 4 is 22.5 Å². The first-order valence-corrected chi connectivity index (χ1v) is 10.1. The second-order valence-corrected chi connectivity index (χ2v) is 8.20. The lowest BCUT2D eigenvalue weighted by Gasteiger charge is -2.38. The van der Waals surface area contributed by atoms with E-state index in [1.807, 2.05) is 29.8 Å². The predicted octanol–water partition coefficient (Wildman–Crippen LogP) is 1.26. The standard InChI is InChI=1S/C21H25FN6O2/c1-14-10-28(17-9-25-16(8-23)19-15(17)4-3-6-24-19)11-18(30-14)20(29)26-12-21(22)5-7-27(2)13-21/h3-4,6,9,14,18H,5,7,10-13H2,1-2H3,(H,26,29)/t14?,18?,21-/m1/s1. The Kier molecular flexibility index (Phi) is 5.54. The summed E-state index contributed by atoms with van der Waals surface area (Å²) in [6.07, 6.45) is 2.75. The van der Waals surface area contributed by atoms with Gasteiger partial charge >= 0.3 is 0 Å². The molecule has 2 unspecified atom stereocenters. The van der Waals surface area contributed by atoms with Crippen molar-refractivity contribution in [3.05, 3.63) is 30.2 Å². The Morgan fingerprint density at radius 2 is 2.30 bits per heavy atom. The molecule has 30 heavy (non-hydrogen) atoms. The zero-order valence-corrected chi connectivity index (χ0v) is 17.1. The highest BCUT2D eigenvalue weighted by Gasteiger charge is 2.38. The normalized spacial score (nSPS) is 27.2. The quantitative estimate of drug-likeness (QED) is 0.808. The molecule has 4 rings (SSSR count). The Bertz CT molecular complexity index is 995. The number of halogens is 1. The predicted molar refractivity (Wildman–Crippen MR) is 110 cm³/mol. The molecule has 2 fully saturated rings. The summed E-state index contributed by atoms with van der Waals surface area (Å²) in [7, 11) is 1.87. The molecule has 0 saturated carbocycles. The van der Waals surface area contributed by atoms with Crippen LogP contribution in [0.25, 0.3) is 10.9 Å². The molecule has 0 bridgehead atoms. The lowest BCUT2D eigenvalue weighted by atomic mass is 10.1. The molecule has 158 valence electrons. The fraction of sp³-hybridized carbons (Fsp3) is 0.524. The van der Waals surface area contributed by atoms with Crippen LogP contribution in [-0.2, 0) is 9.53 Å². The topological polar surface area (TPSA) is 94.4 Å². The number of anilines is 1. The average Bonchev–Trinajstić information content (AvgIpc) is 3.09. The molecule has 0 aromatic carbocycles. The Morgan fingerprint density at radius 1 is 1.47 bits per heavy atom. The van der Waals surface area contributed by atoms with Gasteiger partial charge in [0.05, 0.1) is 31.1 Å². The first kappa shape index (κ1) is 20.4. The van der Waals surface area contributed by atoms with Gasteiger partial charge < -0.3 is 19.9 Å². The number of aromatic nitrogens is 2. The first-order chi connectivity index (χ1) is 14.4. The van der Waals surface area contributed by atoms with E-state index in [1.54, 1.807) is 18.5 Å². The van der Waals surface area contributed by atoms with Gasteiger partial charge in [-0.05, 0) is 32.5 Å². The number of alkyl halides is 1. The molecule has 9 heteroatoms. The maximum absolute atomic E-state index is 14.8. The van der Waals surface area contributed by atoms with E-state index in [2.05, 4.69) is 21.4 Å². The first-order valence-electron chi connectivity index (χ1n) is 10.1. The number of rotatable bonds is 4. The van der Waals surface area contributed by atoms with E-state index in [4.69, 9.17) is 4.74 Å². The van der Waals surface area contributed by atoms with Crippen molar-refractivity contribution in [3.63, 3.8) is 0 Å². The molecule has 0 spiro atoms. The van der Waals surface area contributed by atoms with Crippen molar-refractivity contribution in [2.45, 2.75) is 31.2 Å². The smallest absolute Gasteiger partial charge is 0.251 e. The SMILES string of the molecule is CC1CN(c2cnc(C#N)c3ncccc23)CC(C(=O)NC[C@]2(F)CCN(C)C2)O1. The number of nitrogens with zero attached hydrogens (tertiary/aromatic N) is 5. The molecule has 2 aromatic heterocycles. The zero-order valence-electron chi connectivity index (χ0n) is 17.1. The Morgan fingerprint density at radius 3 is 3.03 bits per heavy atom. The van der Waals surface area contributed by atoms with Crippen LogP contribution < -0.4 is 10.2 Å². The summed E-state index contributed by atoms with van der Waals surface area (Å²) in [6, 6.07) is 5.76. The summed E-state index contributed by atoms with van der Waals surface area (Å²) in [5, 5.41) is 12.8. The van der Waals surface area contributed by atoms with Crippen LogP contribution in [0.15, 0.2) is 24.5 Å². The summed E-state index contributed by atoms with van der Waals surface area (Å²) >= 11 is 0. The number of pyridine rings is 2. The van der Waals surface area contributed by atoms with Crippen LogP contribution in [-0.4, -0.2) is 78.4 Å². The second kappa shape index (κ2) is 8.13. The summed E-state index contributed by atoms with van der Waals surface area (Å²) in [5.41, 5.74) is 0.190. The molecule has 8 nitrogen and oxygen atoms in total. The van der Waals surface area contributed by atoms with Crippen molar-refractivity contribution in [3.8, 4) is 6.07 Å². The highest BCUT2D eigenvalue weighted by Crippen LogP contribution is 2.29. The van der Waals surface area contributed by atoms with Crippen LogP contribution in [0.5, 0.6) is 0 Å². The van der Waals surface area contributed by atoms with Crippen LogP contribution in [0.3, 0.4) is 0 Å². The van der Waals surface area contributed by atoms with Crippen LogP contribution >= 0.6 is 0 Å². The van der Waals surface area contributed by atoms with Gasteiger partial charge in [0.15, 0.2) is 11.8 Å². The molecular weight excluding hydrogens is 387 g/mol. The van der Waals surface area contributed by atoms with Gasteiger partial charge in [0.25, 0.3) is 5.91 Å². The van der Waals surface area contributed by atoms with Crippen molar-refractivity contribution in [2.24, 2.45) is 0 Å². The Hall–Kier alpha value is -2.83. The second-order valence-electron chi connectivity index (χ2n) is 8.20. The van der Waals surface area contributed by atoms with E-state index >= 15 is 0 Å². The van der Waals surface area contributed by atoms with Crippen molar-refractivity contribution in [1.29, 1.82) is 5.26 Å². The Balaban J connectivity index is 1.51. The minimum Gasteiger partial charge on any atom is -0.364 e. The third-order valence-electron chi connectivity index (χ3n) is 5.70. The van der Waals surface area contributed by atoms with E-state index < -0.39 is 11.8 Å². The lowest BCUT2D eigenvalue weighted by Crippen LogP contribution is -2.54. The van der Waals surface area contributed by atoms with E-state index in [9.17, 15) is 14.4 Å². The van der Waals surface area contributed by atoms with Gasteiger partial charge in [0, 0.05) is 31.2 Å². The highest BCUT2D eigenvalue weighted by molar-refractivity contribution is 5.94. The van der Waals surface area contributed by atoms with Gasteiger partial charge in [-0.25, -0.2) is 9.37 Å². The van der Waals surface area contributed by atoms with Crippen LogP contribution in [0.1, 0.15) is 19.0 Å². The zero-order chi connectivity index (χ0) is 21.3. The molecular formula is C21H25FN6O2. The summed E-state index contributed by atoms with van der Waals surface area (Å²) < 4.78 is 20.7. The number of morpholine rings is 1. The number of carbonyl (C=O) groups is 1. The molecule has 0 radical (unpaired) electrons. The number of likely N-dealkylation sites (tertiary alicyclic amines) is 1. The van der Waals surface area contributed by atoms with E-state index in [0.29, 0.717) is 38.1 Å². The molecule has 3 atom stereocenters. The van der Waals surface area contributed by atoms with Crippen molar-refractivity contribution in [2.75, 3.05) is 44.7 Å². The van der Waals surface area contributed by atoms with E-state index in [0.717, 1.165) is 11.1 Å².